The van der Waals surface area contributed by atoms with E-state index in [0.717, 1.165) is 12.8 Å². The van der Waals surface area contributed by atoms with E-state index in [4.69, 9.17) is 16.3 Å². The molecule has 1 aromatic rings. The van der Waals surface area contributed by atoms with Gasteiger partial charge in [0.2, 0.25) is 0 Å². The van der Waals surface area contributed by atoms with Gasteiger partial charge in [0.25, 0.3) is 5.91 Å². The number of hydrogen-bond donors (Lipinski definition) is 2. The zero-order valence-electron chi connectivity index (χ0n) is 11.5. The lowest BCUT2D eigenvalue weighted by Gasteiger charge is -2.12. The minimum absolute atomic E-state index is 0.0243. The first-order chi connectivity index (χ1) is 9.43. The van der Waals surface area contributed by atoms with E-state index in [0.29, 0.717) is 5.02 Å². The van der Waals surface area contributed by atoms with Gasteiger partial charge in [-0.3, -0.25) is 4.79 Å². The highest BCUT2D eigenvalue weighted by molar-refractivity contribution is 6.30. The van der Waals surface area contributed by atoms with Gasteiger partial charge >= 0.3 is 5.97 Å². The van der Waals surface area contributed by atoms with Crippen molar-refractivity contribution < 1.29 is 19.4 Å². The Bertz CT molecular complexity index is 490. The van der Waals surface area contributed by atoms with Gasteiger partial charge in [0, 0.05) is 11.1 Å². The number of hydrogen-bond acceptors (Lipinski definition) is 4. The first kappa shape index (κ1) is 16.3. The van der Waals surface area contributed by atoms with Crippen LogP contribution in [0.1, 0.15) is 37.0 Å². The maximum atomic E-state index is 11.7. The van der Waals surface area contributed by atoms with Crippen molar-refractivity contribution in [3.05, 3.63) is 28.8 Å². The number of rotatable bonds is 6. The van der Waals surface area contributed by atoms with Crippen LogP contribution in [-0.4, -0.2) is 29.6 Å². The number of nitrogens with one attached hydrogen (secondary N) is 1. The van der Waals surface area contributed by atoms with Crippen LogP contribution in [0.4, 0.5) is 0 Å². The molecule has 1 rings (SSSR count). The topological polar surface area (TPSA) is 75.6 Å². The summed E-state index contributed by atoms with van der Waals surface area (Å²) in [5, 5.41) is 12.6. The molecule has 0 unspecified atom stereocenters. The third-order valence-electron chi connectivity index (χ3n) is 2.64. The summed E-state index contributed by atoms with van der Waals surface area (Å²) >= 11 is 5.66. The summed E-state index contributed by atoms with van der Waals surface area (Å²) in [5.41, 5.74) is -0.0243. The molecule has 0 aliphatic carbocycles. The molecule has 0 saturated heterocycles. The Morgan fingerprint density at radius 1 is 1.45 bits per heavy atom. The molecule has 0 aliphatic heterocycles. The smallest absolute Gasteiger partial charge is 0.342 e. The van der Waals surface area contributed by atoms with Gasteiger partial charge in [0.1, 0.15) is 11.3 Å². The Kier molecular flexibility index (Phi) is 6.31. The molecule has 0 aliphatic rings. The summed E-state index contributed by atoms with van der Waals surface area (Å²) in [6.07, 6.45) is 1.82. The quantitative estimate of drug-likeness (QED) is 0.791. The van der Waals surface area contributed by atoms with E-state index in [2.05, 4.69) is 5.32 Å². The zero-order valence-corrected chi connectivity index (χ0v) is 12.2. The Labute approximate surface area is 122 Å². The molecule has 0 heterocycles. The van der Waals surface area contributed by atoms with E-state index >= 15 is 0 Å². The third-order valence-corrected chi connectivity index (χ3v) is 2.88. The molecule has 0 spiro atoms. The highest BCUT2D eigenvalue weighted by Gasteiger charge is 2.15. The van der Waals surface area contributed by atoms with Crippen molar-refractivity contribution in [1.29, 1.82) is 0 Å². The number of carbonyl (C=O) groups excluding carboxylic acids is 2. The number of phenolic OH excluding ortho intramolecular Hbond substituents is 1. The molecule has 1 atom stereocenters. The fourth-order valence-corrected chi connectivity index (χ4v) is 1.87. The fraction of sp³-hybridized carbons (Fsp3) is 0.429. The highest BCUT2D eigenvalue weighted by Crippen LogP contribution is 2.22. The van der Waals surface area contributed by atoms with E-state index in [1.165, 1.54) is 18.2 Å². The van der Waals surface area contributed by atoms with Crippen molar-refractivity contribution >= 4 is 23.5 Å². The standard InChI is InChI=1S/C14H18ClNO4/c1-3-4-9(2)16-13(18)8-20-14(19)11-6-5-10(15)7-12(11)17/h5-7,9,17H,3-4,8H2,1-2H3,(H,16,18)/t9-/m0/s1. The van der Waals surface area contributed by atoms with Crippen molar-refractivity contribution in [2.45, 2.75) is 32.7 Å². The second-order valence-corrected chi connectivity index (χ2v) is 4.93. The number of aromatic hydroxyl groups is 1. The summed E-state index contributed by atoms with van der Waals surface area (Å²) in [5.74, 6) is -1.41. The molecule has 5 nitrogen and oxygen atoms in total. The zero-order chi connectivity index (χ0) is 15.1. The van der Waals surface area contributed by atoms with Gasteiger partial charge in [-0.25, -0.2) is 4.79 Å². The number of amides is 1. The molecule has 0 bridgehead atoms. The van der Waals surface area contributed by atoms with Crippen molar-refractivity contribution in [3.63, 3.8) is 0 Å². The average Bonchev–Trinajstić information content (AvgIpc) is 2.36. The maximum Gasteiger partial charge on any atom is 0.342 e. The maximum absolute atomic E-state index is 11.7. The number of esters is 1. The van der Waals surface area contributed by atoms with Gasteiger partial charge in [0.15, 0.2) is 6.61 Å². The fourth-order valence-electron chi connectivity index (χ4n) is 1.71. The monoisotopic (exact) mass is 299 g/mol. The predicted octanol–water partition coefficient (Wildman–Crippen LogP) is 2.51. The van der Waals surface area contributed by atoms with Crippen LogP contribution in [0.15, 0.2) is 18.2 Å². The van der Waals surface area contributed by atoms with Gasteiger partial charge in [0.05, 0.1) is 0 Å². The average molecular weight is 300 g/mol. The second-order valence-electron chi connectivity index (χ2n) is 4.49. The SMILES string of the molecule is CCC[C@H](C)NC(=O)COC(=O)c1ccc(Cl)cc1O. The predicted molar refractivity (Wildman–Crippen MR) is 75.9 cm³/mol. The van der Waals surface area contributed by atoms with Crippen molar-refractivity contribution in [2.24, 2.45) is 0 Å². The summed E-state index contributed by atoms with van der Waals surface area (Å²) < 4.78 is 4.84. The first-order valence-electron chi connectivity index (χ1n) is 6.39. The van der Waals surface area contributed by atoms with Crippen molar-refractivity contribution in [1.82, 2.24) is 5.32 Å². The Morgan fingerprint density at radius 3 is 2.75 bits per heavy atom. The van der Waals surface area contributed by atoms with Gasteiger partial charge in [-0.15, -0.1) is 0 Å². The van der Waals surface area contributed by atoms with Gasteiger partial charge in [-0.05, 0) is 31.5 Å². The first-order valence-corrected chi connectivity index (χ1v) is 6.76. The minimum atomic E-state index is -0.766. The van der Waals surface area contributed by atoms with E-state index in [-0.39, 0.29) is 29.9 Å². The van der Waals surface area contributed by atoms with Crippen LogP contribution in [0.2, 0.25) is 5.02 Å². The molecule has 2 N–H and O–H groups in total. The Balaban J connectivity index is 2.49. The van der Waals surface area contributed by atoms with Crippen LogP contribution >= 0.6 is 11.6 Å². The normalized spacial score (nSPS) is 11.8. The Morgan fingerprint density at radius 2 is 2.15 bits per heavy atom. The number of benzene rings is 1. The number of carbonyl (C=O) groups is 2. The molecule has 0 saturated carbocycles. The van der Waals surface area contributed by atoms with Crippen LogP contribution in [0.5, 0.6) is 5.75 Å². The molecule has 110 valence electrons. The lowest BCUT2D eigenvalue weighted by Crippen LogP contribution is -2.35. The summed E-state index contributed by atoms with van der Waals surface area (Å²) in [6, 6.07) is 4.08. The number of halogens is 1. The van der Waals surface area contributed by atoms with Crippen LogP contribution in [0.25, 0.3) is 0 Å². The second kappa shape index (κ2) is 7.75. The van der Waals surface area contributed by atoms with E-state index in [9.17, 15) is 14.7 Å². The van der Waals surface area contributed by atoms with Crippen molar-refractivity contribution in [2.75, 3.05) is 6.61 Å². The number of ether oxygens (including phenoxy) is 1. The van der Waals surface area contributed by atoms with Crippen molar-refractivity contribution in [3.8, 4) is 5.75 Å². The van der Waals surface area contributed by atoms with Crippen LogP contribution in [0.3, 0.4) is 0 Å². The van der Waals surface area contributed by atoms with Gasteiger partial charge < -0.3 is 15.2 Å². The van der Waals surface area contributed by atoms with Crippen LogP contribution in [0, 0.1) is 0 Å². The molecule has 1 amide bonds. The molecule has 0 radical (unpaired) electrons. The molecule has 20 heavy (non-hydrogen) atoms. The minimum Gasteiger partial charge on any atom is -0.507 e. The molecular formula is C14H18ClNO4. The van der Waals surface area contributed by atoms with Gasteiger partial charge in [-0.2, -0.15) is 0 Å². The summed E-state index contributed by atoms with van der Waals surface area (Å²) in [4.78, 5) is 23.2. The summed E-state index contributed by atoms with van der Waals surface area (Å²) in [7, 11) is 0. The lowest BCUT2D eigenvalue weighted by molar-refractivity contribution is -0.124. The molecular weight excluding hydrogens is 282 g/mol. The molecule has 0 aromatic heterocycles. The molecule has 6 heteroatoms. The number of phenols is 1. The van der Waals surface area contributed by atoms with Crippen LogP contribution < -0.4 is 5.32 Å². The largest absolute Gasteiger partial charge is 0.507 e. The van der Waals surface area contributed by atoms with Crippen LogP contribution in [-0.2, 0) is 9.53 Å². The van der Waals surface area contributed by atoms with E-state index in [1.54, 1.807) is 0 Å². The van der Waals surface area contributed by atoms with Gasteiger partial charge in [-0.1, -0.05) is 24.9 Å². The third kappa shape index (κ3) is 5.09. The van der Waals surface area contributed by atoms with E-state index < -0.39 is 5.97 Å². The highest BCUT2D eigenvalue weighted by atomic mass is 35.5. The molecule has 1 aromatic carbocycles. The molecule has 0 fully saturated rings. The van der Waals surface area contributed by atoms with E-state index in [1.807, 2.05) is 13.8 Å². The lowest BCUT2D eigenvalue weighted by atomic mass is 10.2. The Hall–Kier alpha value is -1.75. The summed E-state index contributed by atoms with van der Waals surface area (Å²) in [6.45, 7) is 3.52.